The number of fused-ring (bicyclic) bond motifs is 1. The van der Waals surface area contributed by atoms with Crippen molar-refractivity contribution in [2.45, 2.75) is 12.8 Å². The summed E-state index contributed by atoms with van der Waals surface area (Å²) in [5.41, 5.74) is 2.13. The number of nitrogens with zero attached hydrogens (tertiary/aromatic N) is 4. The van der Waals surface area contributed by atoms with Gasteiger partial charge in [0.2, 0.25) is 0 Å². The van der Waals surface area contributed by atoms with E-state index in [2.05, 4.69) is 15.4 Å². The Labute approximate surface area is 157 Å². The van der Waals surface area contributed by atoms with E-state index in [4.69, 9.17) is 0 Å². The highest BCUT2D eigenvalue weighted by atomic mass is 16.2. The number of likely N-dealkylation sites (tertiary alicyclic amines) is 1. The Morgan fingerprint density at radius 3 is 2.93 bits per heavy atom. The monoisotopic (exact) mass is 363 g/mol. The van der Waals surface area contributed by atoms with Crippen LogP contribution in [0, 0.1) is 5.92 Å². The van der Waals surface area contributed by atoms with Crippen LogP contribution < -0.4 is 5.32 Å². The molecule has 2 amide bonds. The fourth-order valence-corrected chi connectivity index (χ4v) is 3.52. The van der Waals surface area contributed by atoms with Crippen LogP contribution in [-0.4, -0.2) is 44.6 Å². The first-order valence-corrected chi connectivity index (χ1v) is 9.05. The number of benzene rings is 1. The maximum Gasteiger partial charge on any atom is 0.321 e. The Morgan fingerprint density at radius 1 is 1.22 bits per heavy atom. The quantitative estimate of drug-likeness (QED) is 0.725. The lowest BCUT2D eigenvalue weighted by molar-refractivity contribution is 0.0846. The fourth-order valence-electron chi connectivity index (χ4n) is 3.52. The first kappa shape index (κ1) is 17.2. The van der Waals surface area contributed by atoms with Crippen molar-refractivity contribution in [3.05, 3.63) is 54.5 Å². The van der Waals surface area contributed by atoms with Crippen molar-refractivity contribution in [2.24, 2.45) is 13.0 Å². The average molecular weight is 363 g/mol. The lowest BCUT2D eigenvalue weighted by atomic mass is 9.92. The number of carbonyl (C=O) groups excluding carboxylic acids is 2. The Bertz CT molecular complexity index is 982. The zero-order chi connectivity index (χ0) is 18.8. The zero-order valence-corrected chi connectivity index (χ0v) is 15.1. The van der Waals surface area contributed by atoms with Gasteiger partial charge in [-0.3, -0.25) is 14.5 Å². The normalized spacial score (nSPS) is 17.1. The predicted octanol–water partition coefficient (Wildman–Crippen LogP) is 3.10. The molecule has 2 aromatic heterocycles. The molecule has 1 aliphatic rings. The molecule has 1 aliphatic heterocycles. The predicted molar refractivity (Wildman–Crippen MR) is 103 cm³/mol. The van der Waals surface area contributed by atoms with Crippen LogP contribution in [0.15, 0.2) is 48.8 Å². The molecule has 1 aromatic carbocycles. The molecule has 7 nitrogen and oxygen atoms in total. The number of aryl methyl sites for hydroxylation is 1. The molecule has 27 heavy (non-hydrogen) atoms. The first-order chi connectivity index (χ1) is 13.1. The number of pyridine rings is 1. The number of rotatable bonds is 3. The molecule has 1 saturated heterocycles. The van der Waals surface area contributed by atoms with Gasteiger partial charge in [-0.1, -0.05) is 6.07 Å². The first-order valence-electron chi connectivity index (χ1n) is 9.05. The summed E-state index contributed by atoms with van der Waals surface area (Å²) < 4.78 is 1.77. The molecule has 0 bridgehead atoms. The van der Waals surface area contributed by atoms with Crippen LogP contribution in [0.2, 0.25) is 0 Å². The van der Waals surface area contributed by atoms with E-state index in [-0.39, 0.29) is 17.7 Å². The molecule has 4 rings (SSSR count). The second kappa shape index (κ2) is 7.19. The molecule has 138 valence electrons. The number of nitrogens with one attached hydrogen (secondary N) is 1. The molecule has 0 spiro atoms. The van der Waals surface area contributed by atoms with E-state index < -0.39 is 0 Å². The Kier molecular flexibility index (Phi) is 4.58. The number of hydrogen-bond acceptors (Lipinski definition) is 4. The van der Waals surface area contributed by atoms with Crippen LogP contribution in [0.5, 0.6) is 0 Å². The van der Waals surface area contributed by atoms with E-state index in [0.29, 0.717) is 24.5 Å². The highest BCUT2D eigenvalue weighted by molar-refractivity contribution is 5.97. The number of carbonyl (C=O) groups is 2. The number of piperidine rings is 1. The third kappa shape index (κ3) is 3.53. The summed E-state index contributed by atoms with van der Waals surface area (Å²) in [6.45, 7) is 1.06. The van der Waals surface area contributed by atoms with Crippen molar-refractivity contribution in [1.29, 1.82) is 0 Å². The summed E-state index contributed by atoms with van der Waals surface area (Å²) in [6, 6.07) is 10.8. The van der Waals surface area contributed by atoms with E-state index in [1.807, 2.05) is 31.3 Å². The van der Waals surface area contributed by atoms with Crippen LogP contribution in [0.1, 0.15) is 23.3 Å². The minimum absolute atomic E-state index is 0.00408. The summed E-state index contributed by atoms with van der Waals surface area (Å²) >= 11 is 0. The van der Waals surface area contributed by atoms with Gasteiger partial charge in [0.1, 0.15) is 5.69 Å². The van der Waals surface area contributed by atoms with Gasteiger partial charge in [0.15, 0.2) is 5.78 Å². The molecule has 7 heteroatoms. The van der Waals surface area contributed by atoms with E-state index in [1.54, 1.807) is 34.1 Å². The highest BCUT2D eigenvalue weighted by Crippen LogP contribution is 2.22. The van der Waals surface area contributed by atoms with Gasteiger partial charge < -0.3 is 10.2 Å². The van der Waals surface area contributed by atoms with Crippen molar-refractivity contribution in [2.75, 3.05) is 18.4 Å². The van der Waals surface area contributed by atoms with Gasteiger partial charge in [-0.15, -0.1) is 0 Å². The third-order valence-electron chi connectivity index (χ3n) is 5.00. The molecular weight excluding hydrogens is 342 g/mol. The average Bonchev–Trinajstić information content (AvgIpc) is 3.08. The number of Topliss-reactive ketones (excluding diaryl/α,β-unsaturated/α-hetero) is 1. The fraction of sp³-hybridized carbons (Fsp3) is 0.300. The number of hydrogen-bond donors (Lipinski definition) is 1. The summed E-state index contributed by atoms with van der Waals surface area (Å²) in [5, 5.41) is 8.18. The zero-order valence-electron chi connectivity index (χ0n) is 15.1. The van der Waals surface area contributed by atoms with Gasteiger partial charge in [0, 0.05) is 43.3 Å². The number of anilines is 1. The van der Waals surface area contributed by atoms with Crippen molar-refractivity contribution in [3.8, 4) is 0 Å². The molecule has 1 N–H and O–H groups in total. The van der Waals surface area contributed by atoms with Crippen LogP contribution >= 0.6 is 0 Å². The highest BCUT2D eigenvalue weighted by Gasteiger charge is 2.29. The summed E-state index contributed by atoms with van der Waals surface area (Å²) in [6.07, 6.45) is 4.99. The molecular formula is C20H21N5O2. The molecule has 0 aliphatic carbocycles. The molecule has 0 radical (unpaired) electrons. The lowest BCUT2D eigenvalue weighted by Crippen LogP contribution is -2.44. The van der Waals surface area contributed by atoms with E-state index >= 15 is 0 Å². The van der Waals surface area contributed by atoms with Crippen molar-refractivity contribution < 1.29 is 9.59 Å². The van der Waals surface area contributed by atoms with E-state index in [0.717, 1.165) is 23.7 Å². The van der Waals surface area contributed by atoms with Crippen molar-refractivity contribution >= 4 is 28.4 Å². The summed E-state index contributed by atoms with van der Waals surface area (Å²) in [5.74, 6) is -0.205. The molecule has 1 atom stereocenters. The smallest absolute Gasteiger partial charge is 0.321 e. The van der Waals surface area contributed by atoms with Crippen molar-refractivity contribution in [3.63, 3.8) is 0 Å². The number of amides is 2. The van der Waals surface area contributed by atoms with Crippen molar-refractivity contribution in [1.82, 2.24) is 19.7 Å². The van der Waals surface area contributed by atoms with Gasteiger partial charge in [-0.05, 0) is 43.2 Å². The van der Waals surface area contributed by atoms with Gasteiger partial charge in [-0.25, -0.2) is 4.79 Å². The lowest BCUT2D eigenvalue weighted by Gasteiger charge is -2.31. The minimum Gasteiger partial charge on any atom is -0.324 e. The SMILES string of the molecule is Cn1ncc2ccc(NC(=O)N3CCC[C@H](C(=O)c4ccccn4)C3)cc21. The summed E-state index contributed by atoms with van der Waals surface area (Å²) in [7, 11) is 1.87. The van der Waals surface area contributed by atoms with Gasteiger partial charge >= 0.3 is 6.03 Å². The van der Waals surface area contributed by atoms with Gasteiger partial charge in [-0.2, -0.15) is 5.10 Å². The standard InChI is InChI=1S/C20H21N5O2/c1-24-18-11-16(8-7-14(18)12-22-24)23-20(27)25-10-4-5-15(13-25)19(26)17-6-2-3-9-21-17/h2-3,6-9,11-12,15H,4-5,10,13H2,1H3,(H,23,27)/t15-/m0/s1. The Hall–Kier alpha value is -3.22. The van der Waals surface area contributed by atoms with Crippen LogP contribution in [0.4, 0.5) is 10.5 Å². The minimum atomic E-state index is -0.209. The van der Waals surface area contributed by atoms with Crippen LogP contribution in [0.3, 0.4) is 0 Å². The Morgan fingerprint density at radius 2 is 2.11 bits per heavy atom. The number of urea groups is 1. The largest absolute Gasteiger partial charge is 0.324 e. The second-order valence-electron chi connectivity index (χ2n) is 6.84. The molecule has 3 heterocycles. The van der Waals surface area contributed by atoms with Crippen LogP contribution in [-0.2, 0) is 7.05 Å². The third-order valence-corrected chi connectivity index (χ3v) is 5.00. The Balaban J connectivity index is 1.45. The maximum atomic E-state index is 12.7. The topological polar surface area (TPSA) is 80.1 Å². The molecule has 0 unspecified atom stereocenters. The second-order valence-corrected chi connectivity index (χ2v) is 6.84. The number of aromatic nitrogens is 3. The maximum absolute atomic E-state index is 12.7. The van der Waals surface area contributed by atoms with E-state index in [1.165, 1.54) is 0 Å². The molecule has 3 aromatic rings. The summed E-state index contributed by atoms with van der Waals surface area (Å²) in [4.78, 5) is 31.2. The van der Waals surface area contributed by atoms with Crippen LogP contribution in [0.25, 0.3) is 10.9 Å². The molecule has 1 fully saturated rings. The number of ketones is 1. The van der Waals surface area contributed by atoms with Gasteiger partial charge in [0.05, 0.1) is 11.7 Å². The van der Waals surface area contributed by atoms with Gasteiger partial charge in [0.25, 0.3) is 0 Å². The van der Waals surface area contributed by atoms with E-state index in [9.17, 15) is 9.59 Å². The molecule has 0 saturated carbocycles.